The summed E-state index contributed by atoms with van der Waals surface area (Å²) in [7, 11) is 0. The van der Waals surface area contributed by atoms with Crippen LogP contribution in [0.2, 0.25) is 15.1 Å². The fourth-order valence-corrected chi connectivity index (χ4v) is 3.71. The van der Waals surface area contributed by atoms with Crippen molar-refractivity contribution in [1.29, 1.82) is 0 Å². The molecule has 3 rings (SSSR count). The van der Waals surface area contributed by atoms with Crippen molar-refractivity contribution in [1.82, 2.24) is 4.90 Å². The Morgan fingerprint density at radius 2 is 1.75 bits per heavy atom. The minimum absolute atomic E-state index is 0.105. The summed E-state index contributed by atoms with van der Waals surface area (Å²) in [6, 6.07) is 12.0. The Hall–Kier alpha value is -1.46. The van der Waals surface area contributed by atoms with Crippen LogP contribution in [0.25, 0.3) is 6.08 Å². The molecular formula is C17H10Cl3NO2S. The second-order valence-corrected chi connectivity index (χ2v) is 7.33. The Kier molecular flexibility index (Phi) is 5.21. The number of amides is 2. The lowest BCUT2D eigenvalue weighted by atomic mass is 10.2. The van der Waals surface area contributed by atoms with Crippen molar-refractivity contribution in [2.75, 3.05) is 0 Å². The van der Waals surface area contributed by atoms with Crippen LogP contribution in [0.1, 0.15) is 11.1 Å². The van der Waals surface area contributed by atoms with E-state index in [0.717, 1.165) is 22.2 Å². The van der Waals surface area contributed by atoms with Crippen LogP contribution in [0.5, 0.6) is 0 Å². The first kappa shape index (κ1) is 17.4. The van der Waals surface area contributed by atoms with Gasteiger partial charge in [0.1, 0.15) is 0 Å². The SMILES string of the molecule is O=C1S/C(=C\c2cccc(Cl)c2)C(=O)N1Cc1ccc(Cl)cc1Cl. The lowest BCUT2D eigenvalue weighted by Gasteiger charge is -2.13. The average Bonchev–Trinajstić information content (AvgIpc) is 2.77. The predicted molar refractivity (Wildman–Crippen MR) is 99.4 cm³/mol. The summed E-state index contributed by atoms with van der Waals surface area (Å²) in [6.45, 7) is 0.105. The van der Waals surface area contributed by atoms with Crippen molar-refractivity contribution < 1.29 is 9.59 Å². The molecule has 0 spiro atoms. The van der Waals surface area contributed by atoms with E-state index in [0.29, 0.717) is 25.5 Å². The highest BCUT2D eigenvalue weighted by Gasteiger charge is 2.35. The number of imide groups is 1. The first-order valence-corrected chi connectivity index (χ1v) is 8.84. The normalized spacial score (nSPS) is 16.3. The Morgan fingerprint density at radius 1 is 1.00 bits per heavy atom. The third kappa shape index (κ3) is 3.78. The number of hydrogen-bond donors (Lipinski definition) is 0. The van der Waals surface area contributed by atoms with Crippen LogP contribution in [0.15, 0.2) is 47.4 Å². The lowest BCUT2D eigenvalue weighted by molar-refractivity contribution is -0.123. The van der Waals surface area contributed by atoms with E-state index in [-0.39, 0.29) is 17.7 Å². The molecular weight excluding hydrogens is 389 g/mol. The molecule has 1 fully saturated rings. The molecule has 0 atom stereocenters. The Labute approximate surface area is 158 Å². The van der Waals surface area contributed by atoms with E-state index in [4.69, 9.17) is 34.8 Å². The quantitative estimate of drug-likeness (QED) is 0.606. The number of benzene rings is 2. The minimum Gasteiger partial charge on any atom is -0.268 e. The second kappa shape index (κ2) is 7.19. The van der Waals surface area contributed by atoms with E-state index in [1.165, 1.54) is 0 Å². The third-order valence-corrected chi connectivity index (χ3v) is 5.09. The van der Waals surface area contributed by atoms with Gasteiger partial charge >= 0.3 is 0 Å². The van der Waals surface area contributed by atoms with Crippen molar-refractivity contribution in [3.63, 3.8) is 0 Å². The molecule has 0 unspecified atom stereocenters. The molecule has 122 valence electrons. The standard InChI is InChI=1S/C17H10Cl3NO2S/c18-12-3-1-2-10(6-12)7-15-16(22)21(17(23)24-15)9-11-4-5-13(19)8-14(11)20/h1-8H,9H2/b15-7-. The maximum atomic E-state index is 12.5. The maximum absolute atomic E-state index is 12.5. The highest BCUT2D eigenvalue weighted by Crippen LogP contribution is 2.34. The number of halogens is 3. The minimum atomic E-state index is -0.351. The van der Waals surface area contributed by atoms with Gasteiger partial charge < -0.3 is 0 Å². The number of rotatable bonds is 3. The fourth-order valence-electron chi connectivity index (χ4n) is 2.20. The average molecular weight is 399 g/mol. The van der Waals surface area contributed by atoms with Crippen molar-refractivity contribution in [2.45, 2.75) is 6.54 Å². The summed E-state index contributed by atoms with van der Waals surface area (Å²) in [5, 5.41) is 1.15. The van der Waals surface area contributed by atoms with Gasteiger partial charge in [0, 0.05) is 15.1 Å². The smallest absolute Gasteiger partial charge is 0.268 e. The molecule has 2 aromatic rings. The van der Waals surface area contributed by atoms with Crippen molar-refractivity contribution in [3.05, 3.63) is 73.6 Å². The molecule has 2 amide bonds. The zero-order valence-electron chi connectivity index (χ0n) is 12.1. The molecule has 0 saturated carbocycles. The molecule has 0 aliphatic carbocycles. The molecule has 1 aliphatic heterocycles. The van der Waals surface area contributed by atoms with Gasteiger partial charge in [0.05, 0.1) is 11.4 Å². The maximum Gasteiger partial charge on any atom is 0.293 e. The van der Waals surface area contributed by atoms with Gasteiger partial charge in [-0.15, -0.1) is 0 Å². The number of carbonyl (C=O) groups is 2. The van der Waals surface area contributed by atoms with E-state index in [2.05, 4.69) is 0 Å². The molecule has 0 bridgehead atoms. The summed E-state index contributed by atoms with van der Waals surface area (Å²) in [5.74, 6) is -0.351. The molecule has 1 aliphatic rings. The van der Waals surface area contributed by atoms with E-state index in [1.54, 1.807) is 42.5 Å². The fraction of sp³-hybridized carbons (Fsp3) is 0.0588. The zero-order valence-corrected chi connectivity index (χ0v) is 15.2. The summed E-state index contributed by atoms with van der Waals surface area (Å²) in [6.07, 6.45) is 1.65. The second-order valence-electron chi connectivity index (χ2n) is 5.06. The highest BCUT2D eigenvalue weighted by atomic mass is 35.5. The Balaban J connectivity index is 1.84. The molecule has 1 saturated heterocycles. The Morgan fingerprint density at radius 3 is 2.46 bits per heavy atom. The summed E-state index contributed by atoms with van der Waals surface area (Å²) in [5.41, 5.74) is 1.42. The summed E-state index contributed by atoms with van der Waals surface area (Å²) in [4.78, 5) is 26.2. The Bertz CT molecular complexity index is 867. The van der Waals surface area contributed by atoms with Crippen LogP contribution in [0, 0.1) is 0 Å². The number of thioether (sulfide) groups is 1. The number of nitrogens with zero attached hydrogens (tertiary/aromatic N) is 1. The van der Waals surface area contributed by atoms with Gasteiger partial charge in [0.15, 0.2) is 0 Å². The molecule has 24 heavy (non-hydrogen) atoms. The first-order chi connectivity index (χ1) is 11.4. The zero-order chi connectivity index (χ0) is 17.3. The molecule has 0 N–H and O–H groups in total. The monoisotopic (exact) mass is 397 g/mol. The lowest BCUT2D eigenvalue weighted by Crippen LogP contribution is -2.27. The van der Waals surface area contributed by atoms with E-state index in [9.17, 15) is 9.59 Å². The molecule has 0 aromatic heterocycles. The van der Waals surface area contributed by atoms with Crippen LogP contribution < -0.4 is 0 Å². The van der Waals surface area contributed by atoms with Gasteiger partial charge in [0.2, 0.25) is 0 Å². The van der Waals surface area contributed by atoms with Gasteiger partial charge in [-0.05, 0) is 53.2 Å². The van der Waals surface area contributed by atoms with Crippen LogP contribution >= 0.6 is 46.6 Å². The third-order valence-electron chi connectivity index (χ3n) is 3.36. The molecule has 0 radical (unpaired) electrons. The van der Waals surface area contributed by atoms with Crippen LogP contribution in [-0.4, -0.2) is 16.0 Å². The van der Waals surface area contributed by atoms with Gasteiger partial charge in [0.25, 0.3) is 11.1 Å². The molecule has 2 aromatic carbocycles. The van der Waals surface area contributed by atoms with Crippen molar-refractivity contribution in [3.8, 4) is 0 Å². The first-order valence-electron chi connectivity index (χ1n) is 6.89. The van der Waals surface area contributed by atoms with Gasteiger partial charge in [-0.2, -0.15) is 0 Å². The summed E-state index contributed by atoms with van der Waals surface area (Å²) < 4.78 is 0. The van der Waals surface area contributed by atoms with Crippen LogP contribution in [0.3, 0.4) is 0 Å². The van der Waals surface area contributed by atoms with Crippen molar-refractivity contribution in [2.24, 2.45) is 0 Å². The van der Waals surface area contributed by atoms with Crippen LogP contribution in [0.4, 0.5) is 4.79 Å². The van der Waals surface area contributed by atoms with Crippen LogP contribution in [-0.2, 0) is 11.3 Å². The number of hydrogen-bond acceptors (Lipinski definition) is 3. The number of carbonyl (C=O) groups excluding carboxylic acids is 2. The van der Waals surface area contributed by atoms with Crippen molar-refractivity contribution >= 4 is 63.8 Å². The molecule has 1 heterocycles. The molecule has 7 heteroatoms. The summed E-state index contributed by atoms with van der Waals surface area (Å²) >= 11 is 18.8. The van der Waals surface area contributed by atoms with E-state index >= 15 is 0 Å². The van der Waals surface area contributed by atoms with Gasteiger partial charge in [-0.3, -0.25) is 14.5 Å². The highest BCUT2D eigenvalue weighted by molar-refractivity contribution is 8.18. The predicted octanol–water partition coefficient (Wildman–Crippen LogP) is 5.88. The largest absolute Gasteiger partial charge is 0.293 e. The van der Waals surface area contributed by atoms with E-state index in [1.807, 2.05) is 6.07 Å². The van der Waals surface area contributed by atoms with Gasteiger partial charge in [-0.1, -0.05) is 53.0 Å². The molecule has 3 nitrogen and oxygen atoms in total. The topological polar surface area (TPSA) is 37.4 Å². The van der Waals surface area contributed by atoms with Gasteiger partial charge in [-0.25, -0.2) is 0 Å². The van der Waals surface area contributed by atoms with E-state index < -0.39 is 0 Å².